The molecular formula is C25H38IN5O. The van der Waals surface area contributed by atoms with Crippen LogP contribution in [0.2, 0.25) is 0 Å². The minimum atomic E-state index is 0. The third-order valence-electron chi connectivity index (χ3n) is 5.51. The lowest BCUT2D eigenvalue weighted by molar-refractivity contribution is 0.148. The highest BCUT2D eigenvalue weighted by Gasteiger charge is 2.13. The summed E-state index contributed by atoms with van der Waals surface area (Å²) in [5.41, 5.74) is 3.71. The number of nitrogens with zero attached hydrogens (tertiary/aromatic N) is 3. The molecule has 3 rings (SSSR count). The van der Waals surface area contributed by atoms with Crippen LogP contribution in [-0.2, 0) is 19.6 Å². The summed E-state index contributed by atoms with van der Waals surface area (Å²) in [6.07, 6.45) is 0. The first-order valence-corrected chi connectivity index (χ1v) is 11.4. The van der Waals surface area contributed by atoms with Gasteiger partial charge in [-0.15, -0.1) is 24.0 Å². The Kier molecular flexibility index (Phi) is 11.8. The van der Waals surface area contributed by atoms with Gasteiger partial charge < -0.3 is 20.3 Å². The van der Waals surface area contributed by atoms with Gasteiger partial charge in [0, 0.05) is 51.4 Å². The van der Waals surface area contributed by atoms with E-state index in [1.807, 2.05) is 25.1 Å². The van der Waals surface area contributed by atoms with E-state index in [4.69, 9.17) is 9.73 Å². The first kappa shape index (κ1) is 26.4. The van der Waals surface area contributed by atoms with Crippen molar-refractivity contribution >= 4 is 29.9 Å². The van der Waals surface area contributed by atoms with Crippen LogP contribution in [-0.4, -0.2) is 62.1 Å². The average Bonchev–Trinajstić information content (AvgIpc) is 2.79. The van der Waals surface area contributed by atoms with Crippen molar-refractivity contribution in [1.82, 2.24) is 20.4 Å². The third-order valence-corrected chi connectivity index (χ3v) is 5.51. The maximum absolute atomic E-state index is 5.72. The molecule has 0 aromatic heterocycles. The van der Waals surface area contributed by atoms with Gasteiger partial charge in [0.05, 0.1) is 13.2 Å². The quantitative estimate of drug-likeness (QED) is 0.283. The molecule has 1 saturated heterocycles. The molecule has 1 aliphatic rings. The molecule has 2 N–H and O–H groups in total. The molecule has 0 bridgehead atoms. The lowest BCUT2D eigenvalue weighted by Gasteiger charge is -2.32. The fourth-order valence-corrected chi connectivity index (χ4v) is 3.65. The topological polar surface area (TPSA) is 52.1 Å². The van der Waals surface area contributed by atoms with Crippen molar-refractivity contribution in [1.29, 1.82) is 0 Å². The highest BCUT2D eigenvalue weighted by atomic mass is 127. The zero-order valence-electron chi connectivity index (χ0n) is 19.6. The van der Waals surface area contributed by atoms with E-state index < -0.39 is 0 Å². The van der Waals surface area contributed by atoms with E-state index in [1.165, 1.54) is 11.1 Å². The van der Waals surface area contributed by atoms with Gasteiger partial charge in [-0.05, 0) is 38.1 Å². The third kappa shape index (κ3) is 8.60. The Hall–Kier alpha value is -1.84. The van der Waals surface area contributed by atoms with E-state index in [9.17, 15) is 0 Å². The van der Waals surface area contributed by atoms with Crippen LogP contribution in [0.4, 0.5) is 0 Å². The number of benzene rings is 2. The molecular weight excluding hydrogens is 513 g/mol. The number of ether oxygens (including phenoxy) is 1. The van der Waals surface area contributed by atoms with E-state index in [2.05, 4.69) is 64.7 Å². The number of halogens is 1. The van der Waals surface area contributed by atoms with Gasteiger partial charge in [-0.1, -0.05) is 42.5 Å². The summed E-state index contributed by atoms with van der Waals surface area (Å²) in [5.74, 6) is 1.74. The normalized spacial score (nSPS) is 15.2. The largest absolute Gasteiger partial charge is 0.494 e. The van der Waals surface area contributed by atoms with E-state index in [0.717, 1.165) is 56.5 Å². The van der Waals surface area contributed by atoms with Crippen LogP contribution in [0, 0.1) is 0 Å². The van der Waals surface area contributed by atoms with Crippen LogP contribution in [0.3, 0.4) is 0 Å². The second-order valence-corrected chi connectivity index (χ2v) is 7.99. The number of rotatable bonds is 9. The molecule has 0 saturated carbocycles. The fourth-order valence-electron chi connectivity index (χ4n) is 3.65. The van der Waals surface area contributed by atoms with Crippen LogP contribution in [0.25, 0.3) is 0 Å². The summed E-state index contributed by atoms with van der Waals surface area (Å²) in [6, 6.07) is 17.0. The van der Waals surface area contributed by atoms with Crippen molar-refractivity contribution in [2.45, 2.75) is 33.5 Å². The van der Waals surface area contributed by atoms with Gasteiger partial charge in [-0.2, -0.15) is 0 Å². The zero-order valence-corrected chi connectivity index (χ0v) is 22.0. The predicted octanol–water partition coefficient (Wildman–Crippen LogP) is 3.71. The number of aliphatic imine (C=N–C) groups is 1. The van der Waals surface area contributed by atoms with E-state index in [0.29, 0.717) is 19.7 Å². The predicted molar refractivity (Wildman–Crippen MR) is 144 cm³/mol. The van der Waals surface area contributed by atoms with Gasteiger partial charge >= 0.3 is 0 Å². The molecule has 0 radical (unpaired) electrons. The number of likely N-dealkylation sites (N-methyl/N-ethyl adjacent to an activating group) is 1. The minimum absolute atomic E-state index is 0. The van der Waals surface area contributed by atoms with Crippen LogP contribution in [0.15, 0.2) is 53.5 Å². The maximum Gasteiger partial charge on any atom is 0.191 e. The summed E-state index contributed by atoms with van der Waals surface area (Å²) in [5, 5.41) is 6.75. The number of piperazine rings is 1. The van der Waals surface area contributed by atoms with Crippen molar-refractivity contribution in [3.8, 4) is 5.75 Å². The molecule has 1 heterocycles. The Balaban J connectivity index is 0.00000363. The molecule has 0 aliphatic carbocycles. The molecule has 0 atom stereocenters. The van der Waals surface area contributed by atoms with Crippen LogP contribution in [0.1, 0.15) is 30.5 Å². The molecule has 1 fully saturated rings. The Labute approximate surface area is 210 Å². The molecule has 6 nitrogen and oxygen atoms in total. The molecule has 0 amide bonds. The number of nitrogens with one attached hydrogen (secondary N) is 2. The van der Waals surface area contributed by atoms with Crippen LogP contribution < -0.4 is 15.4 Å². The molecule has 0 spiro atoms. The number of hydrogen-bond donors (Lipinski definition) is 2. The molecule has 2 aromatic carbocycles. The monoisotopic (exact) mass is 551 g/mol. The Morgan fingerprint density at radius 3 is 2.31 bits per heavy atom. The summed E-state index contributed by atoms with van der Waals surface area (Å²) in [4.78, 5) is 9.69. The number of hydrogen-bond acceptors (Lipinski definition) is 4. The van der Waals surface area contributed by atoms with Crippen molar-refractivity contribution < 1.29 is 4.74 Å². The lowest BCUT2D eigenvalue weighted by Crippen LogP contribution is -2.43. The highest BCUT2D eigenvalue weighted by Crippen LogP contribution is 2.17. The zero-order chi connectivity index (χ0) is 21.9. The number of para-hydroxylation sites is 1. The molecule has 176 valence electrons. The van der Waals surface area contributed by atoms with Crippen molar-refractivity contribution in [2.75, 3.05) is 46.4 Å². The van der Waals surface area contributed by atoms with Gasteiger partial charge in [0.1, 0.15) is 5.75 Å². The van der Waals surface area contributed by atoms with E-state index in [-0.39, 0.29) is 24.0 Å². The van der Waals surface area contributed by atoms with Crippen molar-refractivity contribution in [3.05, 3.63) is 65.2 Å². The minimum Gasteiger partial charge on any atom is -0.494 e. The summed E-state index contributed by atoms with van der Waals surface area (Å²) in [6.45, 7) is 12.5. The van der Waals surface area contributed by atoms with Gasteiger partial charge in [0.25, 0.3) is 0 Å². The van der Waals surface area contributed by atoms with Crippen molar-refractivity contribution in [3.63, 3.8) is 0 Å². The van der Waals surface area contributed by atoms with Gasteiger partial charge in [-0.25, -0.2) is 4.99 Å². The fraction of sp³-hybridized carbons (Fsp3) is 0.480. The van der Waals surface area contributed by atoms with E-state index >= 15 is 0 Å². The van der Waals surface area contributed by atoms with Gasteiger partial charge in [0.15, 0.2) is 5.96 Å². The van der Waals surface area contributed by atoms with Gasteiger partial charge in [0.2, 0.25) is 0 Å². The standard InChI is InChI=1S/C25H37N5O.HI/c1-4-26-25(28-19-23-8-6-7-9-24(23)31-5-2)27-18-21-10-12-22(13-11-21)20-30-16-14-29(3)15-17-30;/h6-13H,4-5,14-20H2,1-3H3,(H2,26,27,28);1H. The van der Waals surface area contributed by atoms with Crippen molar-refractivity contribution in [2.24, 2.45) is 4.99 Å². The first-order chi connectivity index (χ1) is 15.2. The van der Waals surface area contributed by atoms with E-state index in [1.54, 1.807) is 0 Å². The molecule has 32 heavy (non-hydrogen) atoms. The highest BCUT2D eigenvalue weighted by molar-refractivity contribution is 14.0. The smallest absolute Gasteiger partial charge is 0.191 e. The maximum atomic E-state index is 5.72. The second-order valence-electron chi connectivity index (χ2n) is 7.99. The Morgan fingerprint density at radius 2 is 1.62 bits per heavy atom. The van der Waals surface area contributed by atoms with Crippen LogP contribution >= 0.6 is 24.0 Å². The molecule has 1 aliphatic heterocycles. The molecule has 0 unspecified atom stereocenters. The second kappa shape index (κ2) is 14.3. The Morgan fingerprint density at radius 1 is 0.938 bits per heavy atom. The van der Waals surface area contributed by atoms with Crippen LogP contribution in [0.5, 0.6) is 5.75 Å². The first-order valence-electron chi connectivity index (χ1n) is 11.4. The van der Waals surface area contributed by atoms with Gasteiger partial charge in [-0.3, -0.25) is 4.90 Å². The summed E-state index contributed by atoms with van der Waals surface area (Å²) < 4.78 is 5.72. The molecule has 7 heteroatoms. The summed E-state index contributed by atoms with van der Waals surface area (Å²) >= 11 is 0. The molecule has 2 aromatic rings. The SMILES string of the molecule is CCNC(=NCc1ccc(CN2CCN(C)CC2)cc1)NCc1ccccc1OCC.I. The Bertz CT molecular complexity index is 819. The summed E-state index contributed by atoms with van der Waals surface area (Å²) in [7, 11) is 2.20. The lowest BCUT2D eigenvalue weighted by atomic mass is 10.1. The average molecular weight is 552 g/mol. The number of guanidine groups is 1.